The molecule has 1 aliphatic heterocycles. The van der Waals surface area contributed by atoms with Crippen LogP contribution in [-0.4, -0.2) is 30.7 Å². The van der Waals surface area contributed by atoms with Gasteiger partial charge in [-0.1, -0.05) is 40.2 Å². The Morgan fingerprint density at radius 3 is 2.36 bits per heavy atom. The molecule has 6 nitrogen and oxygen atoms in total. The molecule has 3 amide bonds. The Hall–Kier alpha value is -1.93. The van der Waals surface area contributed by atoms with Gasteiger partial charge < -0.3 is 0 Å². The smallest absolute Gasteiger partial charge is 0.275 e. The second-order valence-corrected chi connectivity index (χ2v) is 7.50. The number of benzene rings is 2. The summed E-state index contributed by atoms with van der Waals surface area (Å²) in [5, 5.41) is 3.20. The van der Waals surface area contributed by atoms with Crippen LogP contribution in [0, 0.1) is 0 Å². The number of imide groups is 1. The van der Waals surface area contributed by atoms with Gasteiger partial charge in [-0.05, 0) is 24.4 Å². The number of nitrogens with zero attached hydrogens (tertiary/aromatic N) is 1. The molecular formula is C14H11BrN2O4S. The van der Waals surface area contributed by atoms with E-state index in [0.717, 1.165) is 4.47 Å². The Bertz CT molecular complexity index is 910. The Morgan fingerprint density at radius 1 is 1.09 bits per heavy atom. The molecule has 0 aromatic heterocycles. The highest BCUT2D eigenvalue weighted by Gasteiger charge is 2.44. The van der Waals surface area contributed by atoms with Crippen LogP contribution in [0.1, 0.15) is 6.92 Å². The number of hydrogen-bond acceptors (Lipinski definition) is 4. The van der Waals surface area contributed by atoms with E-state index in [9.17, 15) is 18.0 Å². The predicted molar refractivity (Wildman–Crippen MR) is 83.7 cm³/mol. The lowest BCUT2D eigenvalue weighted by molar-refractivity contribution is -0.120. The second-order valence-electron chi connectivity index (χ2n) is 4.86. The third-order valence-electron chi connectivity index (χ3n) is 3.53. The molecule has 1 atom stereocenters. The van der Waals surface area contributed by atoms with E-state index in [0.29, 0.717) is 15.1 Å². The topological polar surface area (TPSA) is 83.6 Å². The first-order valence-electron chi connectivity index (χ1n) is 6.40. The first kappa shape index (κ1) is 15.0. The molecule has 0 aliphatic carbocycles. The van der Waals surface area contributed by atoms with Gasteiger partial charge in [-0.2, -0.15) is 0 Å². The SMILES string of the molecule is CC1C(=O)NC(=O)N1S(=O)(=O)c1cccc2c(Br)cccc12. The van der Waals surface area contributed by atoms with Crippen molar-refractivity contribution in [3.63, 3.8) is 0 Å². The van der Waals surface area contributed by atoms with Gasteiger partial charge in [-0.3, -0.25) is 10.1 Å². The van der Waals surface area contributed by atoms with Crippen LogP contribution in [0.3, 0.4) is 0 Å². The van der Waals surface area contributed by atoms with Crippen LogP contribution in [0.25, 0.3) is 10.8 Å². The zero-order valence-corrected chi connectivity index (χ0v) is 13.8. The Balaban J connectivity index is 2.25. The molecule has 1 fully saturated rings. The number of hydrogen-bond donors (Lipinski definition) is 1. The number of rotatable bonds is 2. The van der Waals surface area contributed by atoms with Crippen LogP contribution in [0.4, 0.5) is 4.79 Å². The van der Waals surface area contributed by atoms with Crippen molar-refractivity contribution in [2.75, 3.05) is 0 Å². The lowest BCUT2D eigenvalue weighted by Crippen LogP contribution is -2.38. The maximum atomic E-state index is 12.8. The van der Waals surface area contributed by atoms with E-state index in [4.69, 9.17) is 0 Å². The summed E-state index contributed by atoms with van der Waals surface area (Å²) in [5.41, 5.74) is 0. The molecule has 1 N–H and O–H groups in total. The molecule has 1 unspecified atom stereocenters. The summed E-state index contributed by atoms with van der Waals surface area (Å²) < 4.78 is 27.0. The standard InChI is InChI=1S/C14H11BrN2O4S/c1-8-13(18)16-14(19)17(8)22(20,21)12-7-3-4-9-10(12)5-2-6-11(9)15/h2-8H,1H3,(H,16,18,19). The predicted octanol–water partition coefficient (Wildman–Crippen LogP) is 2.23. The van der Waals surface area contributed by atoms with Gasteiger partial charge in [0.2, 0.25) is 0 Å². The van der Waals surface area contributed by atoms with Gasteiger partial charge in [0.1, 0.15) is 6.04 Å². The van der Waals surface area contributed by atoms with Crippen LogP contribution < -0.4 is 5.32 Å². The minimum atomic E-state index is -4.13. The van der Waals surface area contributed by atoms with Gasteiger partial charge in [0.15, 0.2) is 0 Å². The molecule has 0 radical (unpaired) electrons. The summed E-state index contributed by atoms with van der Waals surface area (Å²) in [6.07, 6.45) is 0. The number of carbonyl (C=O) groups excluding carboxylic acids is 2. The highest BCUT2D eigenvalue weighted by atomic mass is 79.9. The summed E-state index contributed by atoms with van der Waals surface area (Å²) in [7, 11) is -4.13. The van der Waals surface area contributed by atoms with Crippen molar-refractivity contribution < 1.29 is 18.0 Å². The van der Waals surface area contributed by atoms with Crippen molar-refractivity contribution in [1.29, 1.82) is 0 Å². The van der Waals surface area contributed by atoms with Crippen LogP contribution >= 0.6 is 15.9 Å². The zero-order valence-electron chi connectivity index (χ0n) is 11.4. The first-order chi connectivity index (χ1) is 10.3. The molecule has 0 bridgehead atoms. The molecule has 22 heavy (non-hydrogen) atoms. The summed E-state index contributed by atoms with van der Waals surface area (Å²) in [6, 6.07) is 7.97. The number of halogens is 1. The molecule has 1 heterocycles. The quantitative estimate of drug-likeness (QED) is 0.807. The van der Waals surface area contributed by atoms with Crippen molar-refractivity contribution in [3.8, 4) is 0 Å². The lowest BCUT2D eigenvalue weighted by Gasteiger charge is -2.19. The van der Waals surface area contributed by atoms with E-state index in [2.05, 4.69) is 15.9 Å². The van der Waals surface area contributed by atoms with Gasteiger partial charge in [0, 0.05) is 9.86 Å². The molecule has 2 aromatic carbocycles. The van der Waals surface area contributed by atoms with Gasteiger partial charge >= 0.3 is 6.03 Å². The molecule has 114 valence electrons. The average molecular weight is 383 g/mol. The van der Waals surface area contributed by atoms with Gasteiger partial charge in [0.05, 0.1) is 4.90 Å². The molecule has 1 aliphatic rings. The van der Waals surface area contributed by atoms with E-state index in [-0.39, 0.29) is 4.90 Å². The maximum absolute atomic E-state index is 12.8. The fourth-order valence-electron chi connectivity index (χ4n) is 2.44. The highest BCUT2D eigenvalue weighted by molar-refractivity contribution is 9.10. The number of fused-ring (bicyclic) bond motifs is 1. The monoisotopic (exact) mass is 382 g/mol. The van der Waals surface area contributed by atoms with E-state index in [1.807, 2.05) is 5.32 Å². The fraction of sp³-hybridized carbons (Fsp3) is 0.143. The zero-order chi connectivity index (χ0) is 16.1. The van der Waals surface area contributed by atoms with Crippen molar-refractivity contribution in [2.24, 2.45) is 0 Å². The van der Waals surface area contributed by atoms with Gasteiger partial charge in [0.25, 0.3) is 15.9 Å². The summed E-state index contributed by atoms with van der Waals surface area (Å²) >= 11 is 3.37. The second kappa shape index (κ2) is 5.06. The van der Waals surface area contributed by atoms with Crippen LogP contribution in [-0.2, 0) is 14.8 Å². The molecular weight excluding hydrogens is 372 g/mol. The number of amides is 3. The van der Waals surface area contributed by atoms with E-state index < -0.39 is 28.0 Å². The molecule has 0 saturated carbocycles. The van der Waals surface area contributed by atoms with Gasteiger partial charge in [-0.25, -0.2) is 17.5 Å². The third-order valence-corrected chi connectivity index (χ3v) is 6.13. The third kappa shape index (κ3) is 2.10. The number of sulfonamides is 1. The minimum Gasteiger partial charge on any atom is -0.275 e. The van der Waals surface area contributed by atoms with E-state index >= 15 is 0 Å². The summed E-state index contributed by atoms with van der Waals surface area (Å²) in [6.45, 7) is 1.37. The van der Waals surface area contributed by atoms with E-state index in [1.54, 1.807) is 30.3 Å². The van der Waals surface area contributed by atoms with Crippen molar-refractivity contribution >= 4 is 48.7 Å². The maximum Gasteiger partial charge on any atom is 0.338 e. The molecule has 8 heteroatoms. The fourth-order valence-corrected chi connectivity index (χ4v) is 4.63. The summed E-state index contributed by atoms with van der Waals surface area (Å²) in [5.74, 6) is -0.630. The van der Waals surface area contributed by atoms with Crippen molar-refractivity contribution in [1.82, 2.24) is 9.62 Å². The van der Waals surface area contributed by atoms with Crippen LogP contribution in [0.2, 0.25) is 0 Å². The number of nitrogens with one attached hydrogen (secondary N) is 1. The Kier molecular flexibility index (Phi) is 3.45. The Labute approximate surface area is 135 Å². The number of urea groups is 1. The first-order valence-corrected chi connectivity index (χ1v) is 8.64. The molecule has 1 saturated heterocycles. The van der Waals surface area contributed by atoms with Gasteiger partial charge in [-0.15, -0.1) is 0 Å². The van der Waals surface area contributed by atoms with Crippen molar-refractivity contribution in [3.05, 3.63) is 40.9 Å². The lowest BCUT2D eigenvalue weighted by atomic mass is 10.1. The average Bonchev–Trinajstić information content (AvgIpc) is 2.72. The highest BCUT2D eigenvalue weighted by Crippen LogP contribution is 2.31. The van der Waals surface area contributed by atoms with Crippen LogP contribution in [0.5, 0.6) is 0 Å². The van der Waals surface area contributed by atoms with E-state index in [1.165, 1.54) is 13.0 Å². The minimum absolute atomic E-state index is 0.0111. The largest absolute Gasteiger partial charge is 0.338 e. The molecule has 3 rings (SSSR count). The molecule has 2 aromatic rings. The van der Waals surface area contributed by atoms with Crippen LogP contribution in [0.15, 0.2) is 45.8 Å². The van der Waals surface area contributed by atoms with Crippen molar-refractivity contribution in [2.45, 2.75) is 17.9 Å². The number of carbonyl (C=O) groups is 2. The molecule has 0 spiro atoms. The Morgan fingerprint density at radius 2 is 1.73 bits per heavy atom. The summed E-state index contributed by atoms with van der Waals surface area (Å²) in [4.78, 5) is 23.4. The normalized spacial score (nSPS) is 18.8.